The Hall–Kier alpha value is -11.3. The molecule has 13 aromatic carbocycles. The van der Waals surface area contributed by atoms with Gasteiger partial charge in [0.2, 0.25) is 0 Å². The molecule has 5 nitrogen and oxygen atoms in total. The van der Waals surface area contributed by atoms with Gasteiger partial charge in [-0.1, -0.05) is 218 Å². The summed E-state index contributed by atoms with van der Waals surface area (Å²) in [6.07, 6.45) is 0. The third kappa shape index (κ3) is 7.10. The van der Waals surface area contributed by atoms with Crippen LogP contribution in [0, 0.1) is 22.7 Å². The number of nitrogens with zero attached hydrogens (tertiary/aromatic N) is 4. The van der Waals surface area contributed by atoms with Gasteiger partial charge in [-0.25, -0.2) is 0 Å². The summed E-state index contributed by atoms with van der Waals surface area (Å²) in [5, 5.41) is 36.0. The number of furan rings is 1. The molecule has 0 aliphatic rings. The molecule has 0 N–H and O–H groups in total. The van der Waals surface area contributed by atoms with Crippen molar-refractivity contribution in [3.05, 3.63) is 278 Å². The van der Waals surface area contributed by atoms with Crippen molar-refractivity contribution in [1.29, 1.82) is 10.5 Å². The first-order chi connectivity index (χ1) is 43.1. The van der Waals surface area contributed by atoms with E-state index in [4.69, 9.17) is 4.42 Å². The molecule has 0 aliphatic carbocycles. The van der Waals surface area contributed by atoms with Gasteiger partial charge in [-0.05, 0) is 87.5 Å². The summed E-state index contributed by atoms with van der Waals surface area (Å²) < 4.78 is 16.0. The molecular formula is C80H44N4OS2. The lowest BCUT2D eigenvalue weighted by Crippen LogP contribution is -2.11. The number of hydrogen-bond acceptors (Lipinski definition) is 5. The summed E-state index contributed by atoms with van der Waals surface area (Å²) in [6.45, 7) is 0. The summed E-state index contributed by atoms with van der Waals surface area (Å²) in [5.74, 6) is 0. The zero-order valence-electron chi connectivity index (χ0n) is 46.4. The van der Waals surface area contributed by atoms with Crippen LogP contribution in [0.5, 0.6) is 0 Å². The number of nitriles is 2. The van der Waals surface area contributed by atoms with E-state index in [1.54, 1.807) is 22.7 Å². The van der Waals surface area contributed by atoms with E-state index in [9.17, 15) is 10.5 Å². The number of para-hydroxylation sites is 3. The van der Waals surface area contributed by atoms with Gasteiger partial charge >= 0.3 is 0 Å². The van der Waals surface area contributed by atoms with Crippen molar-refractivity contribution in [2.45, 2.75) is 0 Å². The van der Waals surface area contributed by atoms with Crippen LogP contribution < -0.4 is 0 Å². The summed E-state index contributed by atoms with van der Waals surface area (Å²) in [5.41, 5.74) is 17.0. The molecule has 0 aliphatic heterocycles. The highest BCUT2D eigenvalue weighted by Crippen LogP contribution is 2.56. The standard InChI is InChI=1S/C80H44N4OS2/c81-45-63-70(49-26-9-3-10-27-49)64(46-82)75(71(50-28-11-4-12-29-50)74(63)83-65-36-17-13-30-53(65)60-42-51(40-41-66(60)83)52-34-21-35-57-54-31-14-18-37-67(54)85-78(52)57)84-76-72(58(47-22-5-1-6-23-47)43-61-55-32-15-19-38-68(55)86-79(61)76)73-59(48-24-7-2-8-25-48)44-62-56-33-16-20-39-69(56)87-80(62)77(73)84/h1-44H. The molecule has 0 radical (unpaired) electrons. The molecule has 18 rings (SSSR count). The maximum absolute atomic E-state index is 12.7. The third-order valence-corrected chi connectivity index (χ3v) is 20.2. The second-order valence-corrected chi connectivity index (χ2v) is 24.4. The number of hydrogen-bond donors (Lipinski definition) is 0. The van der Waals surface area contributed by atoms with Crippen molar-refractivity contribution >= 4 is 129 Å². The normalized spacial score (nSPS) is 11.9. The molecular weight excluding hydrogens is 1100 g/mol. The van der Waals surface area contributed by atoms with Crippen LogP contribution in [0.1, 0.15) is 11.1 Å². The zero-order valence-corrected chi connectivity index (χ0v) is 48.1. The lowest BCUT2D eigenvalue weighted by Gasteiger charge is -2.26. The lowest BCUT2D eigenvalue weighted by atomic mass is 9.86. The summed E-state index contributed by atoms with van der Waals surface area (Å²) >= 11 is 3.59. The molecule has 0 atom stereocenters. The van der Waals surface area contributed by atoms with Crippen LogP contribution in [0.3, 0.4) is 0 Å². The predicted octanol–water partition coefficient (Wildman–Crippen LogP) is 22.6. The van der Waals surface area contributed by atoms with Gasteiger partial charge in [0.1, 0.15) is 23.3 Å². The molecule has 0 saturated carbocycles. The van der Waals surface area contributed by atoms with Gasteiger partial charge in [-0.2, -0.15) is 10.5 Å². The molecule has 7 heteroatoms. The van der Waals surface area contributed by atoms with Gasteiger partial charge < -0.3 is 13.6 Å². The van der Waals surface area contributed by atoms with Crippen LogP contribution >= 0.6 is 22.7 Å². The van der Waals surface area contributed by atoms with Crippen LogP contribution in [0.25, 0.3) is 173 Å². The molecule has 0 unspecified atom stereocenters. The topological polar surface area (TPSA) is 70.6 Å². The fraction of sp³-hybridized carbons (Fsp3) is 0. The van der Waals surface area contributed by atoms with E-state index in [1.165, 1.54) is 20.2 Å². The van der Waals surface area contributed by atoms with Crippen LogP contribution in [-0.4, -0.2) is 9.13 Å². The van der Waals surface area contributed by atoms with Crippen molar-refractivity contribution in [2.24, 2.45) is 0 Å². The number of thiophene rings is 2. The van der Waals surface area contributed by atoms with E-state index in [2.05, 4.69) is 240 Å². The minimum absolute atomic E-state index is 0.397. The lowest BCUT2D eigenvalue weighted by molar-refractivity contribution is 0.670. The largest absolute Gasteiger partial charge is 0.455 e. The Morgan fingerprint density at radius 1 is 0.322 bits per heavy atom. The first kappa shape index (κ1) is 49.1. The van der Waals surface area contributed by atoms with E-state index in [0.29, 0.717) is 28.1 Å². The number of fused-ring (bicyclic) bond motifs is 17. The summed E-state index contributed by atoms with van der Waals surface area (Å²) in [6, 6.07) is 100. The highest BCUT2D eigenvalue weighted by molar-refractivity contribution is 7.27. The van der Waals surface area contributed by atoms with E-state index in [0.717, 1.165) is 136 Å². The highest BCUT2D eigenvalue weighted by Gasteiger charge is 2.35. The molecule has 402 valence electrons. The van der Waals surface area contributed by atoms with E-state index in [1.807, 2.05) is 48.5 Å². The Bertz CT molecular complexity index is 5840. The number of benzene rings is 13. The van der Waals surface area contributed by atoms with Crippen molar-refractivity contribution in [3.63, 3.8) is 0 Å². The SMILES string of the molecule is N#Cc1c(-c2ccccc2)c(C#N)c(-n2c3c4sc5ccccc5c4cc(-c4ccccc4)c3c3c(-c4ccccc4)cc4c5ccccc5sc4c32)c(-c2ccccc2)c1-n1c2ccccc2c2cc(-c3cccc4c3oc3ccccc34)ccc21. The van der Waals surface area contributed by atoms with Gasteiger partial charge in [-0.15, -0.1) is 22.7 Å². The van der Waals surface area contributed by atoms with Crippen molar-refractivity contribution < 1.29 is 4.42 Å². The minimum atomic E-state index is 0.397. The monoisotopic (exact) mass is 1140 g/mol. The van der Waals surface area contributed by atoms with Crippen molar-refractivity contribution in [1.82, 2.24) is 9.13 Å². The van der Waals surface area contributed by atoms with Gasteiger partial charge in [0, 0.05) is 80.0 Å². The Morgan fingerprint density at radius 2 is 0.782 bits per heavy atom. The van der Waals surface area contributed by atoms with Gasteiger partial charge in [0.25, 0.3) is 0 Å². The smallest absolute Gasteiger partial charge is 0.143 e. The molecule has 87 heavy (non-hydrogen) atoms. The van der Waals surface area contributed by atoms with Crippen LogP contribution in [0.4, 0.5) is 0 Å². The Morgan fingerprint density at radius 3 is 1.36 bits per heavy atom. The molecule has 0 spiro atoms. The van der Waals surface area contributed by atoms with E-state index >= 15 is 0 Å². The second-order valence-electron chi connectivity index (χ2n) is 22.3. The second kappa shape index (κ2) is 19.1. The van der Waals surface area contributed by atoms with Crippen molar-refractivity contribution in [2.75, 3.05) is 0 Å². The Kier molecular flexibility index (Phi) is 10.8. The maximum atomic E-state index is 12.7. The maximum Gasteiger partial charge on any atom is 0.143 e. The van der Waals surface area contributed by atoms with Crippen LogP contribution in [0.2, 0.25) is 0 Å². The fourth-order valence-electron chi connectivity index (χ4n) is 14.2. The highest BCUT2D eigenvalue weighted by atomic mass is 32.1. The quantitative estimate of drug-likeness (QED) is 0.160. The third-order valence-electron chi connectivity index (χ3n) is 17.8. The molecule has 18 aromatic rings. The van der Waals surface area contributed by atoms with Crippen molar-refractivity contribution in [3.8, 4) is 79.1 Å². The molecule has 5 aromatic heterocycles. The average molecular weight is 1140 g/mol. The van der Waals surface area contributed by atoms with Gasteiger partial charge in [0.15, 0.2) is 0 Å². The molecule has 0 saturated heterocycles. The van der Waals surface area contributed by atoms with E-state index in [-0.39, 0.29) is 0 Å². The minimum Gasteiger partial charge on any atom is -0.455 e. The van der Waals surface area contributed by atoms with Crippen LogP contribution in [0.15, 0.2) is 271 Å². The Balaban J connectivity index is 1.10. The summed E-state index contributed by atoms with van der Waals surface area (Å²) in [4.78, 5) is 0. The average Bonchev–Trinajstić information content (AvgIpc) is 1.61. The first-order valence-electron chi connectivity index (χ1n) is 29.1. The zero-order chi connectivity index (χ0) is 57.4. The van der Waals surface area contributed by atoms with Gasteiger partial charge in [-0.3, -0.25) is 0 Å². The number of rotatable bonds is 7. The molecule has 5 heterocycles. The predicted molar refractivity (Wildman–Crippen MR) is 365 cm³/mol. The fourth-order valence-corrected chi connectivity index (χ4v) is 16.6. The van der Waals surface area contributed by atoms with Crippen LogP contribution in [-0.2, 0) is 0 Å². The first-order valence-corrected chi connectivity index (χ1v) is 30.7. The molecule has 0 amide bonds. The number of aromatic nitrogens is 2. The summed E-state index contributed by atoms with van der Waals surface area (Å²) in [7, 11) is 0. The molecule has 0 fully saturated rings. The van der Waals surface area contributed by atoms with Gasteiger partial charge in [0.05, 0.1) is 54.0 Å². The molecule has 0 bridgehead atoms. The Labute approximate surface area is 506 Å². The van der Waals surface area contributed by atoms with E-state index < -0.39 is 0 Å².